The first-order chi connectivity index (χ1) is 9.27. The van der Waals surface area contributed by atoms with Crippen LogP contribution < -0.4 is 0 Å². The van der Waals surface area contributed by atoms with Crippen LogP contribution in [0.15, 0.2) is 22.2 Å². The largest absolute Gasteiger partial charge is 0.291 e. The maximum atomic E-state index is 12.6. The molecule has 0 unspecified atom stereocenters. The molecular formula is C13H8Br2Cl4O. The van der Waals surface area contributed by atoms with Gasteiger partial charge in [-0.1, -0.05) is 67.2 Å². The van der Waals surface area contributed by atoms with Gasteiger partial charge in [0.05, 0.1) is 5.03 Å². The standard InChI is InChI=1S/C13H8Br2Cl4O/c14-7-5-3-1-2-4(6(5)8(7)15)13(19)11(20)9(16)10(17)12(3,13)18/h1-8H/t3-,4-,5-,6-,7+,8-,12+,13+/m0/s1. The number of hydrogen-bond donors (Lipinski definition) is 0. The van der Waals surface area contributed by atoms with E-state index < -0.39 is 9.75 Å². The Kier molecular flexibility index (Phi) is 3.13. The van der Waals surface area contributed by atoms with Crippen molar-refractivity contribution in [2.75, 3.05) is 0 Å². The second-order valence-electron chi connectivity index (χ2n) is 5.86. The number of carbonyl (C=O) groups is 1. The van der Waals surface area contributed by atoms with Gasteiger partial charge in [-0.15, -0.1) is 23.2 Å². The fourth-order valence-corrected chi connectivity index (χ4v) is 8.33. The first-order valence-electron chi connectivity index (χ1n) is 6.22. The minimum Gasteiger partial charge on any atom is -0.291 e. The summed E-state index contributed by atoms with van der Waals surface area (Å²) in [6, 6.07) is 0. The van der Waals surface area contributed by atoms with E-state index in [1.54, 1.807) is 0 Å². The van der Waals surface area contributed by atoms with Gasteiger partial charge in [0.1, 0.15) is 14.8 Å². The number of allylic oxidation sites excluding steroid dienone is 4. The van der Waals surface area contributed by atoms with E-state index in [1.807, 2.05) is 6.08 Å². The Balaban J connectivity index is 1.96. The molecule has 20 heavy (non-hydrogen) atoms. The van der Waals surface area contributed by atoms with Crippen molar-refractivity contribution in [2.45, 2.75) is 19.4 Å². The number of Topliss-reactive ketones (excluding diaryl/α,β-unsaturated/α-hetero) is 1. The summed E-state index contributed by atoms with van der Waals surface area (Å²) < 4.78 is 0. The molecule has 0 aromatic heterocycles. The van der Waals surface area contributed by atoms with Crippen molar-refractivity contribution in [3.05, 3.63) is 22.2 Å². The van der Waals surface area contributed by atoms with Crippen LogP contribution in [-0.2, 0) is 4.79 Å². The maximum Gasteiger partial charge on any atom is 0.199 e. The summed E-state index contributed by atoms with van der Waals surface area (Å²) in [4.78, 5) is 10.8. The van der Waals surface area contributed by atoms with Crippen molar-refractivity contribution in [2.24, 2.45) is 23.7 Å². The summed E-state index contributed by atoms with van der Waals surface area (Å²) in [5.41, 5.74) is 0. The molecule has 5 aliphatic rings. The number of carbonyl (C=O) groups excluding carboxylic acids is 1. The second-order valence-corrected chi connectivity index (χ2v) is 9.92. The van der Waals surface area contributed by atoms with E-state index >= 15 is 0 Å². The molecule has 7 heteroatoms. The third-order valence-electron chi connectivity index (χ3n) is 5.33. The van der Waals surface area contributed by atoms with Gasteiger partial charge >= 0.3 is 0 Å². The molecule has 0 aromatic carbocycles. The zero-order valence-electron chi connectivity index (χ0n) is 9.79. The summed E-state index contributed by atoms with van der Waals surface area (Å²) in [6.07, 6.45) is 4.07. The topological polar surface area (TPSA) is 17.1 Å². The molecule has 0 amide bonds. The number of rotatable bonds is 0. The fraction of sp³-hybridized carbons (Fsp3) is 0.615. The predicted molar refractivity (Wildman–Crippen MR) is 89.4 cm³/mol. The quantitative estimate of drug-likeness (QED) is 0.359. The Morgan fingerprint density at radius 1 is 0.950 bits per heavy atom. The van der Waals surface area contributed by atoms with Crippen LogP contribution in [0.2, 0.25) is 0 Å². The highest BCUT2D eigenvalue weighted by molar-refractivity contribution is 9.12. The third kappa shape index (κ3) is 1.27. The average Bonchev–Trinajstić information content (AvgIpc) is 2.60. The molecule has 0 saturated heterocycles. The summed E-state index contributed by atoms with van der Waals surface area (Å²) in [5, 5.41) is 0.199. The molecule has 2 bridgehead atoms. The molecule has 0 aliphatic heterocycles. The van der Waals surface area contributed by atoms with Crippen LogP contribution >= 0.6 is 78.3 Å². The Morgan fingerprint density at radius 2 is 1.40 bits per heavy atom. The molecule has 8 atom stereocenters. The smallest absolute Gasteiger partial charge is 0.199 e. The van der Waals surface area contributed by atoms with Crippen molar-refractivity contribution in [3.63, 3.8) is 0 Å². The molecule has 5 rings (SSSR count). The molecule has 5 aliphatic carbocycles. The van der Waals surface area contributed by atoms with Gasteiger partial charge in [-0.3, -0.25) is 4.79 Å². The van der Waals surface area contributed by atoms with E-state index in [0.29, 0.717) is 10.7 Å². The highest BCUT2D eigenvalue weighted by Crippen LogP contribution is 2.73. The zero-order chi connectivity index (χ0) is 14.6. The molecule has 0 spiro atoms. The minimum absolute atomic E-state index is 0.00564. The van der Waals surface area contributed by atoms with E-state index in [2.05, 4.69) is 37.9 Å². The second kappa shape index (κ2) is 4.21. The molecule has 108 valence electrons. The van der Waals surface area contributed by atoms with Crippen LogP contribution in [0.5, 0.6) is 0 Å². The van der Waals surface area contributed by atoms with Gasteiger partial charge in [0.2, 0.25) is 0 Å². The van der Waals surface area contributed by atoms with Gasteiger partial charge in [-0.05, 0) is 11.8 Å². The Hall–Kier alpha value is 1.27. The van der Waals surface area contributed by atoms with Crippen LogP contribution in [0, 0.1) is 23.7 Å². The Morgan fingerprint density at radius 3 is 1.90 bits per heavy atom. The normalized spacial score (nSPS) is 59.6. The molecule has 0 heterocycles. The SMILES string of the molecule is O=C1C(Cl)=C(Cl)[C@]2(Cl)[C@H]3C=C[C@@H]([C@@H]4[C@H](Br)[C@H](Br)[C@H]43)[C@@]12Cl. The number of ketones is 1. The minimum atomic E-state index is -1.26. The summed E-state index contributed by atoms with van der Waals surface area (Å²) in [5.74, 6) is -0.0103. The molecule has 0 N–H and O–H groups in total. The number of hydrogen-bond acceptors (Lipinski definition) is 1. The van der Waals surface area contributed by atoms with Crippen LogP contribution in [-0.4, -0.2) is 25.2 Å². The predicted octanol–water partition coefficient (Wildman–Crippen LogP) is 4.80. The van der Waals surface area contributed by atoms with Crippen molar-refractivity contribution < 1.29 is 4.79 Å². The van der Waals surface area contributed by atoms with Gasteiger partial charge in [-0.25, -0.2) is 0 Å². The highest BCUT2D eigenvalue weighted by atomic mass is 79.9. The van der Waals surface area contributed by atoms with Gasteiger partial charge in [-0.2, -0.15) is 0 Å². The average molecular weight is 482 g/mol. The van der Waals surface area contributed by atoms with E-state index in [-0.39, 0.29) is 38.4 Å². The summed E-state index contributed by atoms with van der Waals surface area (Å²) >= 11 is 33.4. The van der Waals surface area contributed by atoms with Gasteiger partial charge < -0.3 is 0 Å². The molecule has 0 aromatic rings. The lowest BCUT2D eigenvalue weighted by Gasteiger charge is -2.66. The summed E-state index contributed by atoms with van der Waals surface area (Å²) in [7, 11) is 0. The van der Waals surface area contributed by atoms with E-state index in [1.165, 1.54) is 0 Å². The first-order valence-corrected chi connectivity index (χ1v) is 9.57. The van der Waals surface area contributed by atoms with Crippen LogP contribution in [0.25, 0.3) is 0 Å². The van der Waals surface area contributed by atoms with Crippen molar-refractivity contribution in [1.82, 2.24) is 0 Å². The maximum absolute atomic E-state index is 12.6. The van der Waals surface area contributed by atoms with Crippen molar-refractivity contribution in [3.8, 4) is 0 Å². The Labute approximate surface area is 153 Å². The molecule has 2 fully saturated rings. The third-order valence-corrected chi connectivity index (χ3v) is 11.0. The number of halogens is 6. The first kappa shape index (κ1) is 14.8. The van der Waals surface area contributed by atoms with Crippen LogP contribution in [0.4, 0.5) is 0 Å². The molecule has 0 radical (unpaired) electrons. The van der Waals surface area contributed by atoms with E-state index in [4.69, 9.17) is 46.4 Å². The van der Waals surface area contributed by atoms with Crippen molar-refractivity contribution in [1.29, 1.82) is 0 Å². The van der Waals surface area contributed by atoms with Crippen LogP contribution in [0.3, 0.4) is 0 Å². The molecule has 1 nitrogen and oxygen atoms in total. The van der Waals surface area contributed by atoms with Crippen LogP contribution in [0.1, 0.15) is 0 Å². The van der Waals surface area contributed by atoms with Gasteiger partial charge in [0, 0.05) is 21.5 Å². The highest BCUT2D eigenvalue weighted by Gasteiger charge is 2.79. The summed E-state index contributed by atoms with van der Waals surface area (Å²) in [6.45, 7) is 0. The number of alkyl halides is 4. The molecule has 2 saturated carbocycles. The van der Waals surface area contributed by atoms with Gasteiger partial charge in [0.15, 0.2) is 5.78 Å². The lowest BCUT2D eigenvalue weighted by atomic mass is 9.46. The van der Waals surface area contributed by atoms with Gasteiger partial charge in [0.25, 0.3) is 0 Å². The zero-order valence-corrected chi connectivity index (χ0v) is 16.0. The monoisotopic (exact) mass is 478 g/mol. The fourth-order valence-electron chi connectivity index (χ4n) is 4.40. The van der Waals surface area contributed by atoms with Crippen molar-refractivity contribution >= 4 is 84.0 Å². The molecular weight excluding hydrogens is 474 g/mol. The van der Waals surface area contributed by atoms with E-state index in [9.17, 15) is 4.79 Å². The lowest BCUT2D eigenvalue weighted by molar-refractivity contribution is -0.122. The van der Waals surface area contributed by atoms with E-state index in [0.717, 1.165) is 0 Å². The Bertz CT molecular complexity index is 605. The lowest BCUT2D eigenvalue weighted by Crippen LogP contribution is -2.74.